The summed E-state index contributed by atoms with van der Waals surface area (Å²) in [6.07, 6.45) is -4.31. The highest BCUT2D eigenvalue weighted by Crippen LogP contribution is 2.25. The molecular formula is C13H19F3N2O. The highest BCUT2D eigenvalue weighted by atomic mass is 19.4. The third kappa shape index (κ3) is 5.18. The Morgan fingerprint density at radius 1 is 1.37 bits per heavy atom. The van der Waals surface area contributed by atoms with Crippen molar-refractivity contribution in [2.75, 3.05) is 26.2 Å². The fourth-order valence-electron chi connectivity index (χ4n) is 2.08. The minimum atomic E-state index is -4.31. The first-order valence-corrected chi connectivity index (χ1v) is 6.05. The van der Waals surface area contributed by atoms with Crippen LogP contribution in [-0.4, -0.2) is 42.4 Å². The number of aliphatic hydroxyl groups is 1. The molecule has 3 nitrogen and oxygen atoms in total. The molecule has 0 aliphatic rings. The van der Waals surface area contributed by atoms with Gasteiger partial charge in [0.15, 0.2) is 0 Å². The molecule has 0 saturated heterocycles. The molecule has 0 aliphatic heterocycles. The summed E-state index contributed by atoms with van der Waals surface area (Å²) in [5.41, 5.74) is 7.32. The Morgan fingerprint density at radius 3 is 2.53 bits per heavy atom. The number of nitrogens with two attached hydrogens (primary N) is 1. The van der Waals surface area contributed by atoms with E-state index in [-0.39, 0.29) is 19.7 Å². The molecule has 0 bridgehead atoms. The Hall–Kier alpha value is -1.11. The number of rotatable bonds is 6. The Balaban J connectivity index is 2.96. The fourth-order valence-corrected chi connectivity index (χ4v) is 2.08. The average molecular weight is 276 g/mol. The summed E-state index contributed by atoms with van der Waals surface area (Å²) in [4.78, 5) is 1.16. The monoisotopic (exact) mass is 276 g/mol. The SMILES string of the molecule is Cc1cccc(C(CN)N(CCO)CC(F)(F)F)c1. The molecule has 0 saturated carbocycles. The summed E-state index contributed by atoms with van der Waals surface area (Å²) in [6, 6.07) is 6.69. The Kier molecular flexibility index (Phi) is 5.78. The van der Waals surface area contributed by atoms with Crippen LogP contribution in [-0.2, 0) is 0 Å². The third-order valence-electron chi connectivity index (χ3n) is 2.86. The van der Waals surface area contributed by atoms with Gasteiger partial charge in [-0.2, -0.15) is 13.2 Å². The molecular weight excluding hydrogens is 257 g/mol. The van der Waals surface area contributed by atoms with Gasteiger partial charge in [0.05, 0.1) is 13.2 Å². The van der Waals surface area contributed by atoms with Crippen LogP contribution in [0.15, 0.2) is 24.3 Å². The van der Waals surface area contributed by atoms with Crippen molar-refractivity contribution in [3.8, 4) is 0 Å². The molecule has 1 aromatic carbocycles. The first kappa shape index (κ1) is 15.9. The molecule has 0 amide bonds. The van der Waals surface area contributed by atoms with Gasteiger partial charge in [-0.15, -0.1) is 0 Å². The van der Waals surface area contributed by atoms with E-state index in [2.05, 4.69) is 0 Å². The Morgan fingerprint density at radius 2 is 2.05 bits per heavy atom. The number of nitrogens with zero attached hydrogens (tertiary/aromatic N) is 1. The lowest BCUT2D eigenvalue weighted by Gasteiger charge is -2.31. The third-order valence-corrected chi connectivity index (χ3v) is 2.86. The number of aliphatic hydroxyl groups excluding tert-OH is 1. The first-order chi connectivity index (χ1) is 8.87. The van der Waals surface area contributed by atoms with Crippen molar-refractivity contribution in [1.29, 1.82) is 0 Å². The molecule has 1 rings (SSSR count). The average Bonchev–Trinajstić information content (AvgIpc) is 2.28. The molecule has 0 radical (unpaired) electrons. The second-order valence-corrected chi connectivity index (χ2v) is 4.47. The summed E-state index contributed by atoms with van der Waals surface area (Å²) in [5, 5.41) is 8.93. The van der Waals surface area contributed by atoms with Gasteiger partial charge in [0.25, 0.3) is 0 Å². The van der Waals surface area contributed by atoms with E-state index in [9.17, 15) is 13.2 Å². The smallest absolute Gasteiger partial charge is 0.395 e. The summed E-state index contributed by atoms with van der Waals surface area (Å²) in [6.45, 7) is 0.466. The van der Waals surface area contributed by atoms with Gasteiger partial charge in [0, 0.05) is 19.1 Å². The van der Waals surface area contributed by atoms with Crippen LogP contribution in [0.25, 0.3) is 0 Å². The van der Waals surface area contributed by atoms with Crippen molar-refractivity contribution >= 4 is 0 Å². The normalized spacial score (nSPS) is 13.8. The van der Waals surface area contributed by atoms with Crippen LogP contribution in [0.4, 0.5) is 13.2 Å². The van der Waals surface area contributed by atoms with Crippen molar-refractivity contribution < 1.29 is 18.3 Å². The summed E-state index contributed by atoms with van der Waals surface area (Å²) >= 11 is 0. The lowest BCUT2D eigenvalue weighted by molar-refractivity contribution is -0.151. The molecule has 1 atom stereocenters. The van der Waals surface area contributed by atoms with E-state index < -0.39 is 18.8 Å². The summed E-state index contributed by atoms with van der Waals surface area (Å²) in [5.74, 6) is 0. The van der Waals surface area contributed by atoms with Gasteiger partial charge in [-0.1, -0.05) is 29.8 Å². The topological polar surface area (TPSA) is 49.5 Å². The molecule has 108 valence electrons. The molecule has 19 heavy (non-hydrogen) atoms. The van der Waals surface area contributed by atoms with Gasteiger partial charge in [-0.3, -0.25) is 4.90 Å². The van der Waals surface area contributed by atoms with Crippen LogP contribution in [0.1, 0.15) is 17.2 Å². The standard InChI is InChI=1S/C13H19F3N2O/c1-10-3-2-4-11(7-10)12(8-17)18(5-6-19)9-13(14,15)16/h2-4,7,12,19H,5-6,8-9,17H2,1H3. The molecule has 6 heteroatoms. The molecule has 0 aromatic heterocycles. The predicted octanol–water partition coefficient (Wildman–Crippen LogP) is 1.85. The molecule has 1 unspecified atom stereocenters. The van der Waals surface area contributed by atoms with Crippen molar-refractivity contribution in [1.82, 2.24) is 4.90 Å². The van der Waals surface area contributed by atoms with Crippen molar-refractivity contribution in [2.45, 2.75) is 19.1 Å². The van der Waals surface area contributed by atoms with Gasteiger partial charge < -0.3 is 10.8 Å². The van der Waals surface area contributed by atoms with Gasteiger partial charge in [0.2, 0.25) is 0 Å². The van der Waals surface area contributed by atoms with Crippen LogP contribution in [0.5, 0.6) is 0 Å². The largest absolute Gasteiger partial charge is 0.401 e. The number of hydrogen-bond acceptors (Lipinski definition) is 3. The highest BCUT2D eigenvalue weighted by Gasteiger charge is 2.33. The van der Waals surface area contributed by atoms with Crippen molar-refractivity contribution in [3.05, 3.63) is 35.4 Å². The molecule has 0 spiro atoms. The van der Waals surface area contributed by atoms with E-state index in [1.165, 1.54) is 0 Å². The lowest BCUT2D eigenvalue weighted by Crippen LogP contribution is -2.41. The van der Waals surface area contributed by atoms with E-state index in [0.29, 0.717) is 0 Å². The van der Waals surface area contributed by atoms with Gasteiger partial charge >= 0.3 is 6.18 Å². The van der Waals surface area contributed by atoms with Crippen LogP contribution >= 0.6 is 0 Å². The van der Waals surface area contributed by atoms with Crippen LogP contribution in [0.3, 0.4) is 0 Å². The molecule has 0 fully saturated rings. The highest BCUT2D eigenvalue weighted by molar-refractivity contribution is 5.25. The quantitative estimate of drug-likeness (QED) is 0.833. The maximum Gasteiger partial charge on any atom is 0.401 e. The van der Waals surface area contributed by atoms with E-state index in [1.807, 2.05) is 19.1 Å². The minimum absolute atomic E-state index is 0.0602. The Labute approximate surface area is 110 Å². The molecule has 0 aliphatic carbocycles. The zero-order valence-electron chi connectivity index (χ0n) is 10.8. The minimum Gasteiger partial charge on any atom is -0.395 e. The number of benzene rings is 1. The Bertz CT molecular complexity index is 396. The number of hydrogen-bond donors (Lipinski definition) is 2. The van der Waals surface area contributed by atoms with Gasteiger partial charge in [0.1, 0.15) is 0 Å². The van der Waals surface area contributed by atoms with E-state index in [0.717, 1.165) is 16.0 Å². The summed E-state index contributed by atoms with van der Waals surface area (Å²) < 4.78 is 37.7. The fraction of sp³-hybridized carbons (Fsp3) is 0.538. The maximum absolute atomic E-state index is 12.6. The van der Waals surface area contributed by atoms with Crippen LogP contribution in [0, 0.1) is 6.92 Å². The molecule has 3 N–H and O–H groups in total. The van der Waals surface area contributed by atoms with Gasteiger partial charge in [-0.05, 0) is 12.5 Å². The van der Waals surface area contributed by atoms with Crippen molar-refractivity contribution in [2.24, 2.45) is 5.73 Å². The number of alkyl halides is 3. The summed E-state index contributed by atoms with van der Waals surface area (Å²) in [7, 11) is 0. The lowest BCUT2D eigenvalue weighted by atomic mass is 10.0. The van der Waals surface area contributed by atoms with Crippen LogP contribution in [0.2, 0.25) is 0 Å². The zero-order chi connectivity index (χ0) is 14.5. The second kappa shape index (κ2) is 6.88. The first-order valence-electron chi connectivity index (χ1n) is 6.05. The van der Waals surface area contributed by atoms with Crippen LogP contribution < -0.4 is 5.73 Å². The molecule has 1 aromatic rings. The van der Waals surface area contributed by atoms with E-state index >= 15 is 0 Å². The van der Waals surface area contributed by atoms with Crippen molar-refractivity contribution in [3.63, 3.8) is 0 Å². The second-order valence-electron chi connectivity index (χ2n) is 4.47. The van der Waals surface area contributed by atoms with E-state index in [4.69, 9.17) is 10.8 Å². The zero-order valence-corrected chi connectivity index (χ0v) is 10.8. The maximum atomic E-state index is 12.6. The molecule has 0 heterocycles. The van der Waals surface area contributed by atoms with E-state index in [1.54, 1.807) is 12.1 Å². The number of halogens is 3. The predicted molar refractivity (Wildman–Crippen MR) is 67.7 cm³/mol. The number of aryl methyl sites for hydroxylation is 1. The van der Waals surface area contributed by atoms with Gasteiger partial charge in [-0.25, -0.2) is 0 Å².